The van der Waals surface area contributed by atoms with Crippen LogP contribution in [0.4, 0.5) is 4.39 Å². The quantitative estimate of drug-likeness (QED) is 0.835. The molecule has 1 aromatic rings. The van der Waals surface area contributed by atoms with Gasteiger partial charge in [0.2, 0.25) is 11.8 Å². The summed E-state index contributed by atoms with van der Waals surface area (Å²) in [4.78, 5) is 25.0. The maximum Gasteiger partial charge on any atom is 0.220 e. The van der Waals surface area contributed by atoms with Crippen LogP contribution in [0, 0.1) is 11.7 Å². The van der Waals surface area contributed by atoms with Crippen LogP contribution in [0.1, 0.15) is 44.3 Å². The third-order valence-corrected chi connectivity index (χ3v) is 4.59. The second-order valence-electron chi connectivity index (χ2n) is 6.36. The first-order chi connectivity index (χ1) is 11.5. The molecule has 0 spiro atoms. The van der Waals surface area contributed by atoms with Crippen LogP contribution in [-0.2, 0) is 9.59 Å². The average molecular weight is 336 g/mol. The van der Waals surface area contributed by atoms with Crippen molar-refractivity contribution in [3.8, 4) is 0 Å². The van der Waals surface area contributed by atoms with Gasteiger partial charge in [-0.05, 0) is 42.9 Å². The number of piperidine rings is 1. The van der Waals surface area contributed by atoms with Gasteiger partial charge in [0, 0.05) is 33.0 Å². The van der Waals surface area contributed by atoms with E-state index in [0.29, 0.717) is 17.9 Å². The molecular formula is C18H25FN2O3. The maximum atomic E-state index is 12.8. The first-order valence-corrected chi connectivity index (χ1v) is 8.41. The van der Waals surface area contributed by atoms with Gasteiger partial charge in [0.15, 0.2) is 0 Å². The summed E-state index contributed by atoms with van der Waals surface area (Å²) in [6.45, 7) is 3.24. The Morgan fingerprint density at radius 3 is 2.50 bits per heavy atom. The lowest BCUT2D eigenvalue weighted by Crippen LogP contribution is -2.37. The molecule has 1 aliphatic heterocycles. The van der Waals surface area contributed by atoms with E-state index in [1.807, 2.05) is 4.90 Å². The number of aliphatic hydroxyl groups is 1. The molecule has 1 heterocycles. The van der Waals surface area contributed by atoms with Gasteiger partial charge in [-0.2, -0.15) is 0 Å². The van der Waals surface area contributed by atoms with Gasteiger partial charge in [-0.25, -0.2) is 4.39 Å². The van der Waals surface area contributed by atoms with Crippen molar-refractivity contribution in [3.05, 3.63) is 35.6 Å². The van der Waals surface area contributed by atoms with Crippen molar-refractivity contribution in [2.75, 3.05) is 19.6 Å². The molecule has 0 aromatic heterocycles. The van der Waals surface area contributed by atoms with Crippen molar-refractivity contribution < 1.29 is 19.1 Å². The molecule has 0 aliphatic carbocycles. The molecular weight excluding hydrogens is 311 g/mol. The number of hydrogen-bond acceptors (Lipinski definition) is 3. The van der Waals surface area contributed by atoms with Crippen molar-refractivity contribution >= 4 is 11.8 Å². The van der Waals surface area contributed by atoms with Gasteiger partial charge in [0.1, 0.15) is 5.82 Å². The molecule has 2 amide bonds. The predicted molar refractivity (Wildman–Crippen MR) is 88.6 cm³/mol. The van der Waals surface area contributed by atoms with Crippen molar-refractivity contribution in [2.24, 2.45) is 5.92 Å². The lowest BCUT2D eigenvalue weighted by Gasteiger charge is -2.31. The van der Waals surface area contributed by atoms with Gasteiger partial charge in [0.05, 0.1) is 6.10 Å². The van der Waals surface area contributed by atoms with Gasteiger partial charge in [-0.3, -0.25) is 9.59 Å². The number of benzene rings is 1. The Morgan fingerprint density at radius 1 is 1.29 bits per heavy atom. The minimum absolute atomic E-state index is 0.0924. The van der Waals surface area contributed by atoms with Crippen molar-refractivity contribution in [2.45, 2.75) is 38.7 Å². The van der Waals surface area contributed by atoms with E-state index < -0.39 is 6.10 Å². The number of amides is 2. The molecule has 2 N–H and O–H groups in total. The molecule has 24 heavy (non-hydrogen) atoms. The summed E-state index contributed by atoms with van der Waals surface area (Å²) in [6.07, 6.45) is 2.25. The fourth-order valence-electron chi connectivity index (χ4n) is 2.97. The number of nitrogens with one attached hydrogen (secondary N) is 1. The van der Waals surface area contributed by atoms with E-state index in [-0.39, 0.29) is 24.2 Å². The summed E-state index contributed by atoms with van der Waals surface area (Å²) >= 11 is 0. The van der Waals surface area contributed by atoms with Crippen LogP contribution in [0.2, 0.25) is 0 Å². The van der Waals surface area contributed by atoms with Crippen LogP contribution in [0.25, 0.3) is 0 Å². The summed E-state index contributed by atoms with van der Waals surface area (Å²) in [5, 5.41) is 12.7. The second-order valence-corrected chi connectivity index (χ2v) is 6.36. The monoisotopic (exact) mass is 336 g/mol. The Kier molecular flexibility index (Phi) is 6.73. The fraction of sp³-hybridized carbons (Fsp3) is 0.556. The van der Waals surface area contributed by atoms with E-state index in [2.05, 4.69) is 5.32 Å². The molecule has 132 valence electrons. The van der Waals surface area contributed by atoms with Crippen LogP contribution in [-0.4, -0.2) is 41.5 Å². The number of likely N-dealkylation sites (tertiary alicyclic amines) is 1. The number of nitrogens with zero attached hydrogens (tertiary/aromatic N) is 1. The molecule has 1 atom stereocenters. The number of hydrogen-bond donors (Lipinski definition) is 2. The van der Waals surface area contributed by atoms with Crippen LogP contribution in [0.5, 0.6) is 0 Å². The summed E-state index contributed by atoms with van der Waals surface area (Å²) in [7, 11) is 0. The molecule has 5 nitrogen and oxygen atoms in total. The van der Waals surface area contributed by atoms with E-state index in [1.54, 1.807) is 6.92 Å². The minimum Gasteiger partial charge on any atom is -0.387 e. The van der Waals surface area contributed by atoms with Crippen LogP contribution in [0.3, 0.4) is 0 Å². The lowest BCUT2D eigenvalue weighted by atomic mass is 9.92. The molecule has 0 radical (unpaired) electrons. The number of aliphatic hydroxyl groups excluding tert-OH is 1. The molecule has 1 saturated heterocycles. The zero-order chi connectivity index (χ0) is 17.5. The van der Waals surface area contributed by atoms with Crippen molar-refractivity contribution in [3.63, 3.8) is 0 Å². The molecule has 1 aromatic carbocycles. The molecule has 1 fully saturated rings. The average Bonchev–Trinajstić information content (AvgIpc) is 2.58. The highest BCUT2D eigenvalue weighted by molar-refractivity contribution is 5.76. The van der Waals surface area contributed by atoms with E-state index in [9.17, 15) is 19.1 Å². The molecule has 0 bridgehead atoms. The molecule has 1 aliphatic rings. The Balaban J connectivity index is 1.65. The zero-order valence-corrected chi connectivity index (χ0v) is 14.0. The number of carbonyl (C=O) groups excluding carboxylic acids is 2. The summed E-state index contributed by atoms with van der Waals surface area (Å²) in [6, 6.07) is 5.59. The molecule has 6 heteroatoms. The Hall–Kier alpha value is -1.95. The van der Waals surface area contributed by atoms with E-state index in [4.69, 9.17) is 0 Å². The highest BCUT2D eigenvalue weighted by Crippen LogP contribution is 2.22. The van der Waals surface area contributed by atoms with Crippen LogP contribution in [0.15, 0.2) is 24.3 Å². The smallest absolute Gasteiger partial charge is 0.220 e. The van der Waals surface area contributed by atoms with Gasteiger partial charge >= 0.3 is 0 Å². The fourth-order valence-corrected chi connectivity index (χ4v) is 2.97. The molecule has 2 rings (SSSR count). The zero-order valence-electron chi connectivity index (χ0n) is 14.0. The molecule has 1 unspecified atom stereocenters. The summed E-state index contributed by atoms with van der Waals surface area (Å²) in [5.74, 6) is 0.130. The first kappa shape index (κ1) is 18.4. The predicted octanol–water partition coefficient (Wildman–Crippen LogP) is 2.01. The van der Waals surface area contributed by atoms with Gasteiger partial charge in [-0.1, -0.05) is 12.1 Å². The largest absolute Gasteiger partial charge is 0.387 e. The number of carbonyl (C=O) groups is 2. The number of rotatable bonds is 6. The number of halogens is 1. The first-order valence-electron chi connectivity index (χ1n) is 8.41. The van der Waals surface area contributed by atoms with E-state index >= 15 is 0 Å². The Labute approximate surface area is 141 Å². The summed E-state index contributed by atoms with van der Waals surface area (Å²) < 4.78 is 12.8. The van der Waals surface area contributed by atoms with Crippen molar-refractivity contribution in [1.29, 1.82) is 0 Å². The van der Waals surface area contributed by atoms with Crippen molar-refractivity contribution in [1.82, 2.24) is 10.2 Å². The van der Waals surface area contributed by atoms with Crippen LogP contribution < -0.4 is 5.32 Å². The Morgan fingerprint density at radius 2 is 1.92 bits per heavy atom. The third kappa shape index (κ3) is 5.60. The van der Waals surface area contributed by atoms with E-state index in [0.717, 1.165) is 32.4 Å². The Bertz CT molecular complexity index is 554. The summed E-state index contributed by atoms with van der Waals surface area (Å²) in [5.41, 5.74) is 0.577. The van der Waals surface area contributed by atoms with Gasteiger partial charge < -0.3 is 15.3 Å². The van der Waals surface area contributed by atoms with Gasteiger partial charge in [0.25, 0.3) is 0 Å². The van der Waals surface area contributed by atoms with Gasteiger partial charge in [-0.15, -0.1) is 0 Å². The SMILES string of the molecule is CC(=O)N1CCC(CCC(=O)NCC(O)c2ccc(F)cc2)CC1. The highest BCUT2D eigenvalue weighted by atomic mass is 19.1. The third-order valence-electron chi connectivity index (χ3n) is 4.59. The second kappa shape index (κ2) is 8.78. The lowest BCUT2D eigenvalue weighted by molar-refractivity contribution is -0.130. The molecule has 0 saturated carbocycles. The van der Waals surface area contributed by atoms with Crippen LogP contribution >= 0.6 is 0 Å². The topological polar surface area (TPSA) is 69.6 Å². The highest BCUT2D eigenvalue weighted by Gasteiger charge is 2.21. The normalized spacial score (nSPS) is 16.7. The standard InChI is InChI=1S/C18H25FN2O3/c1-13(22)21-10-8-14(9-11-21)2-7-18(24)20-12-17(23)15-3-5-16(19)6-4-15/h3-6,14,17,23H,2,7-12H2,1H3,(H,20,24). The maximum absolute atomic E-state index is 12.8. The minimum atomic E-state index is -0.839. The van der Waals surface area contributed by atoms with E-state index in [1.165, 1.54) is 24.3 Å².